The highest BCUT2D eigenvalue weighted by atomic mass is 32.2. The first-order valence-corrected chi connectivity index (χ1v) is 19.8. The molecule has 0 amide bonds. The Morgan fingerprint density at radius 2 is 0.732 bits per heavy atom. The van der Waals surface area contributed by atoms with Crippen molar-refractivity contribution in [3.63, 3.8) is 0 Å². The van der Waals surface area contributed by atoms with Crippen LogP contribution in [0, 0.1) is 0 Å². The second kappa shape index (κ2) is 13.2. The van der Waals surface area contributed by atoms with Gasteiger partial charge in [0.05, 0.1) is 5.41 Å². The van der Waals surface area contributed by atoms with Crippen molar-refractivity contribution in [1.82, 2.24) is 15.0 Å². The Bertz CT molecular complexity index is 2910. The topological polar surface area (TPSA) is 38.7 Å². The van der Waals surface area contributed by atoms with Gasteiger partial charge < -0.3 is 0 Å². The van der Waals surface area contributed by atoms with E-state index in [0.29, 0.717) is 17.5 Å². The summed E-state index contributed by atoms with van der Waals surface area (Å²) in [4.78, 5) is 18.2. The number of hydrogen-bond acceptors (Lipinski definition) is 4. The highest BCUT2D eigenvalue weighted by Crippen LogP contribution is 2.61. The van der Waals surface area contributed by atoms with Gasteiger partial charge in [0.1, 0.15) is 0 Å². The van der Waals surface area contributed by atoms with Crippen molar-refractivity contribution in [3.8, 4) is 67.5 Å². The summed E-state index contributed by atoms with van der Waals surface area (Å²) in [6, 6.07) is 71.8. The minimum absolute atomic E-state index is 0.623. The molecule has 0 atom stereocenters. The zero-order chi connectivity index (χ0) is 37.1. The van der Waals surface area contributed by atoms with Crippen molar-refractivity contribution in [1.29, 1.82) is 0 Å². The van der Waals surface area contributed by atoms with Crippen LogP contribution in [-0.4, -0.2) is 15.0 Å². The van der Waals surface area contributed by atoms with Gasteiger partial charge in [0, 0.05) is 26.5 Å². The molecule has 1 aromatic heterocycles. The number of nitrogens with zero attached hydrogens (tertiary/aromatic N) is 3. The Balaban J connectivity index is 1.21. The Hall–Kier alpha value is -6.88. The lowest BCUT2D eigenvalue weighted by Crippen LogP contribution is -2.34. The van der Waals surface area contributed by atoms with Crippen LogP contribution in [0.4, 0.5) is 0 Å². The largest absolute Gasteiger partial charge is 0.208 e. The van der Waals surface area contributed by atoms with E-state index in [1.165, 1.54) is 54.3 Å². The highest BCUT2D eigenvalue weighted by Gasteiger charge is 2.48. The van der Waals surface area contributed by atoms with E-state index in [1.54, 1.807) is 0 Å². The van der Waals surface area contributed by atoms with Crippen LogP contribution in [0.1, 0.15) is 22.3 Å². The number of aromatic nitrogens is 3. The van der Waals surface area contributed by atoms with Crippen LogP contribution < -0.4 is 0 Å². The third-order valence-electron chi connectivity index (χ3n) is 11.2. The van der Waals surface area contributed by atoms with Gasteiger partial charge in [-0.3, -0.25) is 0 Å². The van der Waals surface area contributed by atoms with Crippen LogP contribution in [0.15, 0.2) is 210 Å². The van der Waals surface area contributed by atoms with Crippen LogP contribution >= 0.6 is 11.8 Å². The van der Waals surface area contributed by atoms with E-state index >= 15 is 0 Å². The zero-order valence-electron chi connectivity index (χ0n) is 30.3. The lowest BCUT2D eigenvalue weighted by molar-refractivity contribution is 0.708. The fraction of sp³-hybridized carbons (Fsp3) is 0.0192. The highest BCUT2D eigenvalue weighted by molar-refractivity contribution is 7.99. The van der Waals surface area contributed by atoms with Gasteiger partial charge in [-0.1, -0.05) is 188 Å². The van der Waals surface area contributed by atoms with Crippen molar-refractivity contribution in [2.24, 2.45) is 0 Å². The standard InChI is InChI=1S/C52H33N3S/c1-3-16-34(17-4-1)36-20-15-21-37(32-36)50-53-49(35-18-5-2-6-19-35)54-51(55-50)38-30-31-42-40-23-8-7-22-39(40)41-24-9-10-25-43(41)52(46(42)33-38)44-26-11-13-28-47(44)56-48-29-14-12-27-45(48)52/h1-33H. The molecule has 0 bridgehead atoms. The molecule has 0 radical (unpaired) electrons. The molecule has 2 aliphatic rings. The van der Waals surface area contributed by atoms with Gasteiger partial charge in [-0.15, -0.1) is 0 Å². The smallest absolute Gasteiger partial charge is 0.164 e. The van der Waals surface area contributed by atoms with Crippen LogP contribution in [-0.2, 0) is 5.41 Å². The first kappa shape index (κ1) is 32.5. The van der Waals surface area contributed by atoms with E-state index in [4.69, 9.17) is 15.0 Å². The summed E-state index contributed by atoms with van der Waals surface area (Å²) in [5.74, 6) is 1.91. The van der Waals surface area contributed by atoms with Gasteiger partial charge in [0.15, 0.2) is 17.5 Å². The molecule has 0 saturated carbocycles. The molecule has 1 aliphatic heterocycles. The summed E-state index contributed by atoms with van der Waals surface area (Å²) in [7, 11) is 0. The number of hydrogen-bond donors (Lipinski definition) is 0. The third kappa shape index (κ3) is 5.10. The molecular weight excluding hydrogens is 699 g/mol. The fourth-order valence-corrected chi connectivity index (χ4v) is 9.96. The van der Waals surface area contributed by atoms with E-state index in [9.17, 15) is 0 Å². The van der Waals surface area contributed by atoms with Crippen LogP contribution in [0.3, 0.4) is 0 Å². The molecular formula is C52H33N3S. The molecule has 56 heavy (non-hydrogen) atoms. The average molecular weight is 732 g/mol. The maximum absolute atomic E-state index is 5.29. The van der Waals surface area contributed by atoms with E-state index in [2.05, 4.69) is 176 Å². The molecule has 1 aliphatic carbocycles. The summed E-state index contributed by atoms with van der Waals surface area (Å²) in [6.07, 6.45) is 0. The summed E-state index contributed by atoms with van der Waals surface area (Å²) in [5, 5.41) is 0. The monoisotopic (exact) mass is 731 g/mol. The lowest BCUT2D eigenvalue weighted by atomic mass is 9.63. The predicted octanol–water partition coefficient (Wildman–Crippen LogP) is 13.0. The van der Waals surface area contributed by atoms with Crippen molar-refractivity contribution in [2.45, 2.75) is 15.2 Å². The zero-order valence-corrected chi connectivity index (χ0v) is 31.1. The summed E-state index contributed by atoms with van der Waals surface area (Å²) in [5.41, 5.74) is 14.4. The van der Waals surface area contributed by atoms with Crippen molar-refractivity contribution >= 4 is 11.8 Å². The minimum Gasteiger partial charge on any atom is -0.208 e. The Kier molecular flexibility index (Phi) is 7.64. The molecule has 0 saturated heterocycles. The molecule has 9 aromatic rings. The molecule has 1 spiro atoms. The lowest BCUT2D eigenvalue weighted by Gasteiger charge is -2.42. The molecule has 11 rings (SSSR count). The SMILES string of the molecule is c1ccc(-c2cccc(-c3nc(-c4ccccc4)nc(-c4ccc5c(c4)C4(c6ccccc6Sc6ccccc64)c4ccccc4-c4ccccc4-5)n3)c2)cc1. The van der Waals surface area contributed by atoms with E-state index in [-0.39, 0.29) is 0 Å². The van der Waals surface area contributed by atoms with Gasteiger partial charge in [-0.2, -0.15) is 0 Å². The van der Waals surface area contributed by atoms with E-state index in [0.717, 1.165) is 27.8 Å². The van der Waals surface area contributed by atoms with Gasteiger partial charge in [0.2, 0.25) is 0 Å². The third-order valence-corrected chi connectivity index (χ3v) is 12.4. The van der Waals surface area contributed by atoms with Crippen LogP contribution in [0.2, 0.25) is 0 Å². The fourth-order valence-electron chi connectivity index (χ4n) is 8.77. The summed E-state index contributed by atoms with van der Waals surface area (Å²) in [6.45, 7) is 0. The Labute approximate surface area is 330 Å². The maximum atomic E-state index is 5.29. The molecule has 3 nitrogen and oxygen atoms in total. The van der Waals surface area contributed by atoms with Gasteiger partial charge >= 0.3 is 0 Å². The number of benzene rings is 8. The summed E-state index contributed by atoms with van der Waals surface area (Å²) >= 11 is 1.86. The maximum Gasteiger partial charge on any atom is 0.164 e. The Morgan fingerprint density at radius 1 is 0.286 bits per heavy atom. The van der Waals surface area contributed by atoms with Crippen molar-refractivity contribution < 1.29 is 0 Å². The quantitative estimate of drug-likeness (QED) is 0.181. The number of fused-ring (bicyclic) bond motifs is 11. The van der Waals surface area contributed by atoms with Gasteiger partial charge in [-0.05, 0) is 79.9 Å². The Morgan fingerprint density at radius 3 is 1.38 bits per heavy atom. The van der Waals surface area contributed by atoms with Crippen molar-refractivity contribution in [3.05, 3.63) is 222 Å². The number of rotatable bonds is 4. The second-order valence-corrected chi connectivity index (χ2v) is 15.4. The first-order valence-electron chi connectivity index (χ1n) is 18.9. The van der Waals surface area contributed by atoms with E-state index < -0.39 is 5.41 Å². The first-order chi connectivity index (χ1) is 27.8. The molecule has 0 N–H and O–H groups in total. The van der Waals surface area contributed by atoms with Gasteiger partial charge in [0.25, 0.3) is 0 Å². The normalized spacial score (nSPS) is 13.1. The van der Waals surface area contributed by atoms with Crippen molar-refractivity contribution in [2.75, 3.05) is 0 Å². The van der Waals surface area contributed by atoms with Gasteiger partial charge in [-0.25, -0.2) is 15.0 Å². The molecule has 8 aromatic carbocycles. The average Bonchev–Trinajstić information content (AvgIpc) is 3.38. The van der Waals surface area contributed by atoms with E-state index in [1.807, 2.05) is 36.0 Å². The second-order valence-electron chi connectivity index (χ2n) is 14.3. The molecule has 0 fully saturated rings. The summed E-state index contributed by atoms with van der Waals surface area (Å²) < 4.78 is 0. The van der Waals surface area contributed by atoms with Crippen LogP contribution in [0.5, 0.6) is 0 Å². The molecule has 0 unspecified atom stereocenters. The molecule has 262 valence electrons. The molecule has 4 heteroatoms. The predicted molar refractivity (Wildman–Crippen MR) is 228 cm³/mol. The minimum atomic E-state index is -0.623. The van der Waals surface area contributed by atoms with Crippen LogP contribution in [0.25, 0.3) is 67.5 Å². The molecule has 2 heterocycles.